The Morgan fingerprint density at radius 1 is 0.929 bits per heavy atom. The lowest BCUT2D eigenvalue weighted by Crippen LogP contribution is -1.86. The maximum Gasteiger partial charge on any atom is 0.0681 e. The molecule has 1 nitrogen and oxygen atoms in total. The molecule has 0 saturated carbocycles. The highest BCUT2D eigenvalue weighted by Gasteiger charge is 1.92. The van der Waals surface area contributed by atoms with Crippen LogP contribution in [0.1, 0.15) is 44.4 Å². The van der Waals surface area contributed by atoms with Gasteiger partial charge in [0.15, 0.2) is 0 Å². The maximum absolute atomic E-state index is 8.75. The van der Waals surface area contributed by atoms with Gasteiger partial charge in [-0.15, -0.1) is 0 Å². The molecule has 82 valence electrons. The molecule has 0 amide bonds. The van der Waals surface area contributed by atoms with Gasteiger partial charge in [0, 0.05) is 0 Å². The third kappa shape index (κ3) is 5.76. The number of hydrogen-bond acceptors (Lipinski definition) is 1. The van der Waals surface area contributed by atoms with Gasteiger partial charge < -0.3 is 5.11 Å². The van der Waals surface area contributed by atoms with Crippen molar-refractivity contribution < 1.29 is 5.11 Å². The van der Waals surface area contributed by atoms with Gasteiger partial charge in [0.25, 0.3) is 0 Å². The zero-order valence-electron chi connectivity index (χ0n) is 10.4. The number of aliphatic hydroxyl groups excluding tert-OH is 1. The molecule has 0 heterocycles. The van der Waals surface area contributed by atoms with Crippen LogP contribution in [0.25, 0.3) is 0 Å². The van der Waals surface area contributed by atoms with Crippen molar-refractivity contribution in [3.63, 3.8) is 0 Å². The van der Waals surface area contributed by atoms with Gasteiger partial charge in [-0.3, -0.25) is 0 Å². The van der Waals surface area contributed by atoms with E-state index in [1.807, 2.05) is 45.9 Å². The molecule has 0 aromatic heterocycles. The van der Waals surface area contributed by atoms with Crippen LogP contribution in [0.2, 0.25) is 0 Å². The van der Waals surface area contributed by atoms with E-state index in [-0.39, 0.29) is 6.61 Å². The largest absolute Gasteiger partial charge is 0.392 e. The van der Waals surface area contributed by atoms with E-state index >= 15 is 0 Å². The summed E-state index contributed by atoms with van der Waals surface area (Å²) in [6.07, 6.45) is 0. The summed E-state index contributed by atoms with van der Waals surface area (Å²) >= 11 is 0. The molecule has 0 atom stereocenters. The van der Waals surface area contributed by atoms with Crippen LogP contribution in [0.3, 0.4) is 0 Å². The number of rotatable bonds is 1. The maximum atomic E-state index is 8.75. The van der Waals surface area contributed by atoms with E-state index in [0.717, 1.165) is 5.56 Å². The van der Waals surface area contributed by atoms with Crippen molar-refractivity contribution in [1.29, 1.82) is 0 Å². The SMILES string of the molecule is CC.CC.Cc1ccc(CO)cc1C. The molecule has 0 unspecified atom stereocenters. The van der Waals surface area contributed by atoms with Crippen molar-refractivity contribution in [1.82, 2.24) is 0 Å². The molecule has 1 rings (SSSR count). The lowest BCUT2D eigenvalue weighted by Gasteiger charge is -2.00. The van der Waals surface area contributed by atoms with Crippen LogP contribution >= 0.6 is 0 Å². The molecule has 0 radical (unpaired) electrons. The third-order valence-electron chi connectivity index (χ3n) is 1.75. The van der Waals surface area contributed by atoms with Crippen LogP contribution in [-0.4, -0.2) is 5.11 Å². The standard InChI is InChI=1S/C9H12O.2C2H6/c1-7-3-4-9(6-10)5-8(7)2;2*1-2/h3-5,10H,6H2,1-2H3;2*1-2H3. The van der Waals surface area contributed by atoms with Gasteiger partial charge >= 0.3 is 0 Å². The first-order chi connectivity index (χ1) is 6.74. The first-order valence-corrected chi connectivity index (χ1v) is 5.41. The predicted molar refractivity (Wildman–Crippen MR) is 64.5 cm³/mol. The van der Waals surface area contributed by atoms with Gasteiger partial charge in [-0.25, -0.2) is 0 Å². The second-order valence-corrected chi connectivity index (χ2v) is 2.58. The van der Waals surface area contributed by atoms with Crippen molar-refractivity contribution >= 4 is 0 Å². The fourth-order valence-corrected chi connectivity index (χ4v) is 0.902. The Balaban J connectivity index is 0. The normalized spacial score (nSPS) is 7.93. The molecule has 0 bridgehead atoms. The quantitative estimate of drug-likeness (QED) is 0.723. The number of hydrogen-bond donors (Lipinski definition) is 1. The van der Waals surface area contributed by atoms with Crippen LogP contribution in [0, 0.1) is 13.8 Å². The van der Waals surface area contributed by atoms with Gasteiger partial charge in [0.05, 0.1) is 6.61 Å². The van der Waals surface area contributed by atoms with Gasteiger partial charge in [-0.05, 0) is 30.5 Å². The van der Waals surface area contributed by atoms with Crippen LogP contribution < -0.4 is 0 Å². The molecule has 0 aliphatic heterocycles. The Kier molecular flexibility index (Phi) is 11.5. The summed E-state index contributed by atoms with van der Waals surface area (Å²) in [7, 11) is 0. The first kappa shape index (κ1) is 15.6. The summed E-state index contributed by atoms with van der Waals surface area (Å²) in [4.78, 5) is 0. The van der Waals surface area contributed by atoms with Crippen molar-refractivity contribution in [3.05, 3.63) is 34.9 Å². The minimum atomic E-state index is 0.140. The zero-order valence-corrected chi connectivity index (χ0v) is 10.4. The van der Waals surface area contributed by atoms with Crippen molar-refractivity contribution in [2.24, 2.45) is 0 Å². The van der Waals surface area contributed by atoms with Gasteiger partial charge in [0.2, 0.25) is 0 Å². The number of aryl methyl sites for hydroxylation is 2. The lowest BCUT2D eigenvalue weighted by molar-refractivity contribution is 0.282. The highest BCUT2D eigenvalue weighted by atomic mass is 16.3. The fraction of sp³-hybridized carbons (Fsp3) is 0.538. The minimum Gasteiger partial charge on any atom is -0.392 e. The van der Waals surface area contributed by atoms with Gasteiger partial charge in [-0.2, -0.15) is 0 Å². The van der Waals surface area contributed by atoms with E-state index in [4.69, 9.17) is 5.11 Å². The molecule has 0 spiro atoms. The summed E-state index contributed by atoms with van der Waals surface area (Å²) < 4.78 is 0. The summed E-state index contributed by atoms with van der Waals surface area (Å²) in [5.74, 6) is 0. The van der Waals surface area contributed by atoms with Crippen LogP contribution in [0.4, 0.5) is 0 Å². The van der Waals surface area contributed by atoms with E-state index in [1.165, 1.54) is 11.1 Å². The Bertz CT molecular complexity index is 229. The van der Waals surface area contributed by atoms with Gasteiger partial charge in [-0.1, -0.05) is 45.9 Å². The minimum absolute atomic E-state index is 0.140. The van der Waals surface area contributed by atoms with Crippen molar-refractivity contribution in [3.8, 4) is 0 Å². The Labute approximate surface area is 88.8 Å². The van der Waals surface area contributed by atoms with Crippen LogP contribution in [-0.2, 0) is 6.61 Å². The molecule has 14 heavy (non-hydrogen) atoms. The van der Waals surface area contributed by atoms with E-state index in [1.54, 1.807) is 0 Å². The van der Waals surface area contributed by atoms with Crippen molar-refractivity contribution in [2.75, 3.05) is 0 Å². The van der Waals surface area contributed by atoms with Crippen LogP contribution in [0.5, 0.6) is 0 Å². The van der Waals surface area contributed by atoms with E-state index in [0.29, 0.717) is 0 Å². The molecule has 1 aromatic rings. The van der Waals surface area contributed by atoms with Crippen LogP contribution in [0.15, 0.2) is 18.2 Å². The van der Waals surface area contributed by atoms with E-state index in [2.05, 4.69) is 13.8 Å². The predicted octanol–water partition coefficient (Wildman–Crippen LogP) is 3.85. The third-order valence-corrected chi connectivity index (χ3v) is 1.75. The molecule has 1 aromatic carbocycles. The highest BCUT2D eigenvalue weighted by Crippen LogP contribution is 2.08. The zero-order chi connectivity index (χ0) is 11.6. The van der Waals surface area contributed by atoms with Gasteiger partial charge in [0.1, 0.15) is 0 Å². The number of aliphatic hydroxyl groups is 1. The van der Waals surface area contributed by atoms with E-state index < -0.39 is 0 Å². The second kappa shape index (κ2) is 10.3. The fourth-order valence-electron chi connectivity index (χ4n) is 0.902. The molecule has 1 N–H and O–H groups in total. The Morgan fingerprint density at radius 2 is 1.43 bits per heavy atom. The monoisotopic (exact) mass is 196 g/mol. The highest BCUT2D eigenvalue weighted by molar-refractivity contribution is 5.29. The Morgan fingerprint density at radius 3 is 1.79 bits per heavy atom. The topological polar surface area (TPSA) is 20.2 Å². The summed E-state index contributed by atoms with van der Waals surface area (Å²) in [6, 6.07) is 5.98. The molecule has 0 fully saturated rings. The molecular weight excluding hydrogens is 172 g/mol. The van der Waals surface area contributed by atoms with Crippen molar-refractivity contribution in [2.45, 2.75) is 48.1 Å². The average Bonchev–Trinajstić information content (AvgIpc) is 2.28. The molecule has 0 saturated heterocycles. The molecule has 0 aliphatic carbocycles. The molecular formula is C13H24O. The average molecular weight is 196 g/mol. The van der Waals surface area contributed by atoms with E-state index in [9.17, 15) is 0 Å². The summed E-state index contributed by atoms with van der Waals surface area (Å²) in [5, 5.41) is 8.75. The number of benzene rings is 1. The second-order valence-electron chi connectivity index (χ2n) is 2.58. The lowest BCUT2D eigenvalue weighted by atomic mass is 10.1. The Hall–Kier alpha value is -0.820. The molecule has 1 heteroatoms. The first-order valence-electron chi connectivity index (χ1n) is 5.41. The summed E-state index contributed by atoms with van der Waals surface area (Å²) in [6.45, 7) is 12.3. The summed E-state index contributed by atoms with van der Waals surface area (Å²) in [5.41, 5.74) is 3.51. The molecule has 0 aliphatic rings. The smallest absolute Gasteiger partial charge is 0.0681 e.